The summed E-state index contributed by atoms with van der Waals surface area (Å²) < 4.78 is 6.37. The van der Waals surface area contributed by atoms with Crippen LogP contribution in [0.15, 0.2) is 259 Å². The molecule has 0 N–H and O–H groups in total. The van der Waals surface area contributed by atoms with Crippen molar-refractivity contribution < 1.29 is 4.42 Å². The molecular weight excluding hydrogens is 883 g/mol. The molecule has 0 aliphatic heterocycles. The molecule has 0 radical (unpaired) electrons. The van der Waals surface area contributed by atoms with Crippen molar-refractivity contribution in [2.24, 2.45) is 0 Å². The molecule has 14 rings (SSSR count). The van der Waals surface area contributed by atoms with Crippen molar-refractivity contribution in [2.75, 3.05) is 4.90 Å². The Morgan fingerprint density at radius 3 is 1.62 bits per heavy atom. The van der Waals surface area contributed by atoms with Crippen LogP contribution < -0.4 is 4.90 Å². The fraction of sp³-hybridized carbons (Fsp3) is 0.0704. The van der Waals surface area contributed by atoms with Gasteiger partial charge in [0.05, 0.1) is 0 Å². The van der Waals surface area contributed by atoms with E-state index >= 15 is 0 Å². The molecular formula is C71H51NO. The third-order valence-electron chi connectivity index (χ3n) is 16.2. The van der Waals surface area contributed by atoms with Crippen molar-refractivity contribution in [2.45, 2.75) is 31.6 Å². The lowest BCUT2D eigenvalue weighted by atomic mass is 9.74. The van der Waals surface area contributed by atoms with Gasteiger partial charge >= 0.3 is 0 Å². The van der Waals surface area contributed by atoms with Crippen LogP contribution in [0.2, 0.25) is 0 Å². The minimum Gasteiger partial charge on any atom is -0.456 e. The Kier molecular flexibility index (Phi) is 9.72. The van der Waals surface area contributed by atoms with Gasteiger partial charge in [0.25, 0.3) is 0 Å². The number of hydrogen-bond acceptors (Lipinski definition) is 2. The molecule has 1 heterocycles. The maximum atomic E-state index is 6.37. The molecule has 2 aliphatic rings. The normalized spacial score (nSPS) is 14.9. The van der Waals surface area contributed by atoms with E-state index in [9.17, 15) is 0 Å². The van der Waals surface area contributed by atoms with Gasteiger partial charge in [0.2, 0.25) is 0 Å². The van der Waals surface area contributed by atoms with Gasteiger partial charge < -0.3 is 9.32 Å². The zero-order valence-electron chi connectivity index (χ0n) is 41.1. The predicted molar refractivity (Wildman–Crippen MR) is 305 cm³/mol. The molecule has 1 unspecified atom stereocenters. The standard InChI is InChI=1S/C71H51NO/c1-70(2)63-30-12-9-25-58(63)61-29-16-28-60(69(61)70)56-23-8-7-22-54(56)47-36-41-52(42-37-47)72(53-21-15-18-49(44-53)55-27-17-33-67-68(55)62-26-11-14-32-66(62)73-67)51-39-34-46(35-40-51)48-38-43-59-57-24-10-13-31-64(57)71(3,65(59)45-48)50-19-5-4-6-20-50/h4-45H,1-3H3. The number of furan rings is 1. The van der Waals surface area contributed by atoms with E-state index in [0.29, 0.717) is 0 Å². The first-order chi connectivity index (χ1) is 35.8. The molecule has 1 atom stereocenters. The minimum atomic E-state index is -0.270. The van der Waals surface area contributed by atoms with Crippen molar-refractivity contribution in [1.29, 1.82) is 0 Å². The highest BCUT2D eigenvalue weighted by Gasteiger charge is 2.41. The van der Waals surface area contributed by atoms with Crippen LogP contribution in [0.3, 0.4) is 0 Å². The Hall–Kier alpha value is -8.98. The summed E-state index contributed by atoms with van der Waals surface area (Å²) in [5.74, 6) is 0. The number of hydrogen-bond donors (Lipinski definition) is 0. The van der Waals surface area contributed by atoms with Crippen molar-refractivity contribution >= 4 is 39.0 Å². The zero-order chi connectivity index (χ0) is 48.8. The van der Waals surface area contributed by atoms with Gasteiger partial charge in [-0.15, -0.1) is 0 Å². The number of benzene rings is 11. The van der Waals surface area contributed by atoms with Crippen molar-refractivity contribution in [3.63, 3.8) is 0 Å². The summed E-state index contributed by atoms with van der Waals surface area (Å²) >= 11 is 0. The average Bonchev–Trinajstić information content (AvgIpc) is 4.05. The van der Waals surface area contributed by atoms with Gasteiger partial charge in [-0.05, 0) is 156 Å². The molecule has 0 saturated carbocycles. The third kappa shape index (κ3) is 6.64. The van der Waals surface area contributed by atoms with E-state index in [1.54, 1.807) is 0 Å². The predicted octanol–water partition coefficient (Wildman–Crippen LogP) is 19.4. The first kappa shape index (κ1) is 42.9. The molecule has 1 aromatic heterocycles. The summed E-state index contributed by atoms with van der Waals surface area (Å²) in [5.41, 5.74) is 26.2. The molecule has 73 heavy (non-hydrogen) atoms. The van der Waals surface area contributed by atoms with Crippen LogP contribution in [0.5, 0.6) is 0 Å². The van der Waals surface area contributed by atoms with Crippen LogP contribution in [0.4, 0.5) is 17.1 Å². The monoisotopic (exact) mass is 933 g/mol. The molecule has 0 spiro atoms. The molecule has 346 valence electrons. The highest BCUT2D eigenvalue weighted by Crippen LogP contribution is 2.55. The van der Waals surface area contributed by atoms with Crippen LogP contribution in [-0.4, -0.2) is 0 Å². The van der Waals surface area contributed by atoms with Crippen LogP contribution in [-0.2, 0) is 10.8 Å². The summed E-state index contributed by atoms with van der Waals surface area (Å²) in [6, 6.07) is 93.6. The summed E-state index contributed by atoms with van der Waals surface area (Å²) in [7, 11) is 0. The van der Waals surface area contributed by atoms with Gasteiger partial charge in [-0.2, -0.15) is 0 Å². The van der Waals surface area contributed by atoms with Crippen molar-refractivity contribution in [3.8, 4) is 66.8 Å². The second-order valence-electron chi connectivity index (χ2n) is 20.5. The topological polar surface area (TPSA) is 16.4 Å². The Morgan fingerprint density at radius 1 is 0.315 bits per heavy atom. The molecule has 0 amide bonds. The first-order valence-electron chi connectivity index (χ1n) is 25.5. The fourth-order valence-electron chi connectivity index (χ4n) is 12.7. The first-order valence-corrected chi connectivity index (χ1v) is 25.5. The quantitative estimate of drug-likeness (QED) is 0.151. The second-order valence-corrected chi connectivity index (χ2v) is 20.5. The van der Waals surface area contributed by atoms with Gasteiger partial charge in [-0.25, -0.2) is 0 Å². The van der Waals surface area contributed by atoms with Gasteiger partial charge in [0, 0.05) is 38.7 Å². The van der Waals surface area contributed by atoms with Crippen molar-refractivity contribution in [3.05, 3.63) is 283 Å². The highest BCUT2D eigenvalue weighted by atomic mass is 16.3. The van der Waals surface area contributed by atoms with E-state index < -0.39 is 0 Å². The Morgan fingerprint density at radius 2 is 0.849 bits per heavy atom. The molecule has 12 aromatic rings. The highest BCUT2D eigenvalue weighted by molar-refractivity contribution is 6.12. The lowest BCUT2D eigenvalue weighted by molar-refractivity contribution is 0.662. The largest absolute Gasteiger partial charge is 0.456 e. The maximum absolute atomic E-state index is 6.37. The second kappa shape index (κ2) is 16.6. The molecule has 0 saturated heterocycles. The maximum Gasteiger partial charge on any atom is 0.136 e. The van der Waals surface area contributed by atoms with E-state index in [1.807, 2.05) is 6.07 Å². The van der Waals surface area contributed by atoms with Crippen LogP contribution in [0.1, 0.15) is 48.6 Å². The van der Waals surface area contributed by atoms with E-state index in [4.69, 9.17) is 4.42 Å². The van der Waals surface area contributed by atoms with Crippen LogP contribution >= 0.6 is 0 Å². The van der Waals surface area contributed by atoms with Crippen LogP contribution in [0.25, 0.3) is 88.7 Å². The van der Waals surface area contributed by atoms with Gasteiger partial charge in [0.1, 0.15) is 11.2 Å². The number of anilines is 3. The molecule has 11 aromatic carbocycles. The van der Waals surface area contributed by atoms with E-state index in [0.717, 1.165) is 50.1 Å². The summed E-state index contributed by atoms with van der Waals surface area (Å²) in [4.78, 5) is 2.40. The van der Waals surface area contributed by atoms with E-state index in [2.05, 4.69) is 274 Å². The smallest absolute Gasteiger partial charge is 0.136 e. The SMILES string of the molecule is CC1(C)c2ccccc2-c2cccc(-c3ccccc3-c3ccc(N(c4ccc(-c5ccc6c(c5)C(C)(c5ccccc5)c5ccccc5-6)cc4)c4cccc(-c5cccc6oc7ccccc7c56)c4)cc3)c21. The number of rotatable bonds is 8. The lowest BCUT2D eigenvalue weighted by Crippen LogP contribution is -2.22. The molecule has 2 heteroatoms. The Balaban J connectivity index is 0.876. The van der Waals surface area contributed by atoms with Crippen LogP contribution in [0, 0.1) is 0 Å². The van der Waals surface area contributed by atoms with E-state index in [-0.39, 0.29) is 10.8 Å². The number of nitrogens with zero attached hydrogens (tertiary/aromatic N) is 1. The summed E-state index contributed by atoms with van der Waals surface area (Å²) in [6.07, 6.45) is 0. The summed E-state index contributed by atoms with van der Waals surface area (Å²) in [5, 5.41) is 2.25. The Labute approximate surface area is 427 Å². The Bertz CT molecular complexity index is 4120. The molecule has 0 bridgehead atoms. The third-order valence-corrected chi connectivity index (χ3v) is 16.2. The minimum absolute atomic E-state index is 0.130. The van der Waals surface area contributed by atoms with Gasteiger partial charge in [-0.1, -0.05) is 214 Å². The van der Waals surface area contributed by atoms with E-state index in [1.165, 1.54) is 83.5 Å². The summed E-state index contributed by atoms with van der Waals surface area (Å²) in [6.45, 7) is 7.14. The molecule has 2 aliphatic carbocycles. The number of para-hydroxylation sites is 1. The molecule has 0 fully saturated rings. The zero-order valence-corrected chi connectivity index (χ0v) is 41.1. The van der Waals surface area contributed by atoms with Gasteiger partial charge in [0.15, 0.2) is 0 Å². The fourth-order valence-corrected chi connectivity index (χ4v) is 12.7. The average molecular weight is 934 g/mol. The van der Waals surface area contributed by atoms with Gasteiger partial charge in [-0.3, -0.25) is 0 Å². The lowest BCUT2D eigenvalue weighted by Gasteiger charge is -2.28. The van der Waals surface area contributed by atoms with Crippen molar-refractivity contribution in [1.82, 2.24) is 0 Å². The number of fused-ring (bicyclic) bond motifs is 9. The molecule has 2 nitrogen and oxygen atoms in total.